The molecule has 9 heteroatoms. The van der Waals surface area contributed by atoms with E-state index in [0.717, 1.165) is 12.1 Å². The molecule has 0 aliphatic carbocycles. The van der Waals surface area contributed by atoms with E-state index >= 15 is 0 Å². The van der Waals surface area contributed by atoms with Crippen LogP contribution >= 0.6 is 0 Å². The minimum Gasteiger partial charge on any atom is -0.322 e. The maximum absolute atomic E-state index is 12.7. The largest absolute Gasteiger partial charge is 0.332 e. The first-order valence-corrected chi connectivity index (χ1v) is 7.26. The second-order valence-corrected chi connectivity index (χ2v) is 5.57. The van der Waals surface area contributed by atoms with Crippen LogP contribution in [0.4, 0.5) is 15.3 Å². The van der Waals surface area contributed by atoms with E-state index in [4.69, 9.17) is 0 Å². The number of amides is 1. The van der Waals surface area contributed by atoms with Gasteiger partial charge in [0.05, 0.1) is 9.82 Å². The molecule has 0 atom stereocenters. The van der Waals surface area contributed by atoms with E-state index in [0.29, 0.717) is 0 Å². The lowest BCUT2D eigenvalue weighted by molar-refractivity contribution is -0.384. The van der Waals surface area contributed by atoms with Crippen LogP contribution in [0.1, 0.15) is 10.4 Å². The Balaban J connectivity index is 2.13. The zero-order chi connectivity index (χ0) is 16.3. The van der Waals surface area contributed by atoms with Crippen molar-refractivity contribution < 1.29 is 22.0 Å². The second-order valence-electron chi connectivity index (χ2n) is 4.22. The van der Waals surface area contributed by atoms with Crippen LogP contribution in [0.3, 0.4) is 0 Å². The molecule has 0 radical (unpaired) electrons. The molecule has 7 nitrogen and oxygen atoms in total. The highest BCUT2D eigenvalue weighted by atomic mass is 32.3. The van der Waals surface area contributed by atoms with E-state index in [1.54, 1.807) is 0 Å². The van der Waals surface area contributed by atoms with Crippen LogP contribution in [0.5, 0.6) is 0 Å². The normalized spacial score (nSPS) is 11.0. The van der Waals surface area contributed by atoms with Gasteiger partial charge in [-0.2, -0.15) is 8.42 Å². The van der Waals surface area contributed by atoms with Crippen LogP contribution in [0.2, 0.25) is 0 Å². The number of benzene rings is 2. The predicted molar refractivity (Wildman–Crippen MR) is 75.8 cm³/mol. The third-order valence-corrected chi connectivity index (χ3v) is 3.57. The molecule has 1 N–H and O–H groups in total. The van der Waals surface area contributed by atoms with E-state index in [9.17, 15) is 27.2 Å². The van der Waals surface area contributed by atoms with E-state index in [-0.39, 0.29) is 16.9 Å². The van der Waals surface area contributed by atoms with Crippen LogP contribution < -0.4 is 5.32 Å². The number of nitrogens with one attached hydrogen (secondary N) is 1. The maximum Gasteiger partial charge on any atom is 0.332 e. The number of nitro benzene ring substituents is 1. The minimum absolute atomic E-state index is 0.144. The number of rotatable bonds is 4. The average Bonchev–Trinajstić information content (AvgIpc) is 2.47. The first-order valence-electron chi connectivity index (χ1n) is 5.88. The van der Waals surface area contributed by atoms with Gasteiger partial charge in [-0.25, -0.2) is 0 Å². The Kier molecular flexibility index (Phi) is 4.18. The fourth-order valence-electron chi connectivity index (χ4n) is 1.64. The van der Waals surface area contributed by atoms with E-state index < -0.39 is 25.9 Å². The highest BCUT2D eigenvalue weighted by Gasteiger charge is 2.13. The molecule has 0 aliphatic rings. The van der Waals surface area contributed by atoms with Gasteiger partial charge in [-0.05, 0) is 36.4 Å². The summed E-state index contributed by atoms with van der Waals surface area (Å²) in [6.07, 6.45) is 0. The Morgan fingerprint density at radius 1 is 1.05 bits per heavy atom. The van der Waals surface area contributed by atoms with Gasteiger partial charge >= 0.3 is 10.2 Å². The molecule has 0 aliphatic heterocycles. The summed E-state index contributed by atoms with van der Waals surface area (Å²) in [4.78, 5) is 21.3. The van der Waals surface area contributed by atoms with Gasteiger partial charge in [-0.3, -0.25) is 14.9 Å². The monoisotopic (exact) mass is 324 g/mol. The molecule has 2 rings (SSSR count). The molecule has 2 aromatic rings. The van der Waals surface area contributed by atoms with Crippen molar-refractivity contribution in [3.63, 3.8) is 0 Å². The Bertz CT molecular complexity index is 817. The van der Waals surface area contributed by atoms with Crippen molar-refractivity contribution in [2.45, 2.75) is 4.90 Å². The minimum atomic E-state index is -4.79. The molecule has 0 saturated heterocycles. The molecule has 0 bridgehead atoms. The highest BCUT2D eigenvalue weighted by Crippen LogP contribution is 2.17. The van der Waals surface area contributed by atoms with E-state index in [2.05, 4.69) is 5.32 Å². The van der Waals surface area contributed by atoms with E-state index in [1.807, 2.05) is 0 Å². The molecular weight excluding hydrogens is 315 g/mol. The van der Waals surface area contributed by atoms with Crippen molar-refractivity contribution in [3.8, 4) is 0 Å². The van der Waals surface area contributed by atoms with Crippen LogP contribution in [-0.2, 0) is 10.2 Å². The quantitative estimate of drug-likeness (QED) is 0.528. The number of carbonyl (C=O) groups excluding carboxylic acids is 1. The third-order valence-electron chi connectivity index (χ3n) is 2.73. The van der Waals surface area contributed by atoms with Crippen LogP contribution in [0.25, 0.3) is 0 Å². The highest BCUT2D eigenvalue weighted by molar-refractivity contribution is 7.86. The summed E-state index contributed by atoms with van der Waals surface area (Å²) in [7, 11) is -4.79. The third kappa shape index (κ3) is 3.64. The lowest BCUT2D eigenvalue weighted by atomic mass is 10.2. The second kappa shape index (κ2) is 5.90. The Morgan fingerprint density at radius 3 is 2.05 bits per heavy atom. The number of anilines is 1. The smallest absolute Gasteiger partial charge is 0.322 e. The molecule has 22 heavy (non-hydrogen) atoms. The lowest BCUT2D eigenvalue weighted by Crippen LogP contribution is -2.11. The predicted octanol–water partition coefficient (Wildman–Crippen LogP) is 2.51. The van der Waals surface area contributed by atoms with Gasteiger partial charge in [0.1, 0.15) is 0 Å². The Hall–Kier alpha value is -2.81. The average molecular weight is 324 g/mol. The summed E-state index contributed by atoms with van der Waals surface area (Å²) in [6, 6.07) is 9.44. The van der Waals surface area contributed by atoms with Crippen molar-refractivity contribution in [2.75, 3.05) is 5.32 Å². The summed E-state index contributed by atoms with van der Waals surface area (Å²) < 4.78 is 34.0. The molecule has 0 heterocycles. The number of nitro groups is 1. The maximum atomic E-state index is 12.7. The van der Waals surface area contributed by atoms with Crippen LogP contribution in [-0.4, -0.2) is 19.2 Å². The summed E-state index contributed by atoms with van der Waals surface area (Å²) >= 11 is 0. The van der Waals surface area contributed by atoms with Gasteiger partial charge in [0.15, 0.2) is 0 Å². The molecule has 0 aromatic heterocycles. The molecular formula is C13H9FN2O5S. The van der Waals surface area contributed by atoms with Crippen molar-refractivity contribution in [1.82, 2.24) is 0 Å². The summed E-state index contributed by atoms with van der Waals surface area (Å²) in [5.74, 6) is -0.536. The molecule has 0 saturated carbocycles. The summed E-state index contributed by atoms with van der Waals surface area (Å²) in [5, 5.41) is 13.0. The zero-order valence-electron chi connectivity index (χ0n) is 10.9. The van der Waals surface area contributed by atoms with Crippen LogP contribution in [0.15, 0.2) is 53.4 Å². The van der Waals surface area contributed by atoms with E-state index in [1.165, 1.54) is 36.4 Å². The van der Waals surface area contributed by atoms with Gasteiger partial charge in [-0.1, -0.05) is 0 Å². The first kappa shape index (κ1) is 15.6. The van der Waals surface area contributed by atoms with Crippen molar-refractivity contribution >= 4 is 27.5 Å². The standard InChI is InChI=1S/C13H9FN2O5S/c14-22(20,21)12-7-3-10(4-8-12)15-13(17)9-1-5-11(6-2-9)16(18)19/h1-8H,(H,15,17). The number of hydrogen-bond acceptors (Lipinski definition) is 5. The number of hydrogen-bond donors (Lipinski definition) is 1. The molecule has 2 aromatic carbocycles. The Labute approximate surface area is 124 Å². The number of nitrogens with zero attached hydrogens (tertiary/aromatic N) is 1. The molecule has 114 valence electrons. The van der Waals surface area contributed by atoms with Crippen molar-refractivity contribution in [1.29, 1.82) is 0 Å². The Morgan fingerprint density at radius 2 is 1.59 bits per heavy atom. The molecule has 0 spiro atoms. The molecule has 0 fully saturated rings. The molecule has 0 unspecified atom stereocenters. The molecule has 1 amide bonds. The topological polar surface area (TPSA) is 106 Å². The number of non-ortho nitro benzene ring substituents is 1. The van der Waals surface area contributed by atoms with Gasteiger partial charge < -0.3 is 5.32 Å². The zero-order valence-corrected chi connectivity index (χ0v) is 11.7. The van der Waals surface area contributed by atoms with Gasteiger partial charge in [-0.15, -0.1) is 3.89 Å². The summed E-state index contributed by atoms with van der Waals surface area (Å²) in [5.41, 5.74) is 0.303. The lowest BCUT2D eigenvalue weighted by Gasteiger charge is -2.05. The fraction of sp³-hybridized carbons (Fsp3) is 0. The van der Waals surface area contributed by atoms with Gasteiger partial charge in [0.25, 0.3) is 11.6 Å². The fourth-order valence-corrected chi connectivity index (χ4v) is 2.10. The van der Waals surface area contributed by atoms with Crippen molar-refractivity contribution in [3.05, 3.63) is 64.2 Å². The van der Waals surface area contributed by atoms with Gasteiger partial charge in [0, 0.05) is 23.4 Å². The first-order chi connectivity index (χ1) is 10.3. The van der Waals surface area contributed by atoms with Crippen LogP contribution in [0, 0.1) is 10.1 Å². The summed E-state index contributed by atoms with van der Waals surface area (Å²) in [6.45, 7) is 0. The van der Waals surface area contributed by atoms with Crippen molar-refractivity contribution in [2.24, 2.45) is 0 Å². The SMILES string of the molecule is O=C(Nc1ccc(S(=O)(=O)F)cc1)c1ccc([N+](=O)[O-])cc1. The van der Waals surface area contributed by atoms with Gasteiger partial charge in [0.2, 0.25) is 0 Å². The number of halogens is 1. The number of carbonyl (C=O) groups is 1.